The van der Waals surface area contributed by atoms with Crippen LogP contribution in [-0.4, -0.2) is 134 Å². The summed E-state index contributed by atoms with van der Waals surface area (Å²) in [5.41, 5.74) is 3.01. The van der Waals surface area contributed by atoms with Gasteiger partial charge in [0.15, 0.2) is 17.7 Å². The smallest absolute Gasteiger partial charge is 0.411 e. The second-order valence-electron chi connectivity index (χ2n) is 21.3. The maximum Gasteiger partial charge on any atom is 0.411 e. The molecule has 2 aliphatic heterocycles. The van der Waals surface area contributed by atoms with Crippen molar-refractivity contribution in [2.24, 2.45) is 39.9 Å². The van der Waals surface area contributed by atoms with Crippen LogP contribution in [0.25, 0.3) is 0 Å². The number of Topliss-reactive ketones (excluding diaryl/α,β-unsaturated/α-hetero) is 1. The number of rotatable bonds is 16. The summed E-state index contributed by atoms with van der Waals surface area (Å²) in [5.74, 6) is -2.51. The van der Waals surface area contributed by atoms with Crippen LogP contribution in [0.1, 0.15) is 62.6 Å². The van der Waals surface area contributed by atoms with Gasteiger partial charge in [-0.15, -0.1) is 0 Å². The second-order valence-corrected chi connectivity index (χ2v) is 21.8. The molecule has 0 spiro atoms. The fourth-order valence-corrected chi connectivity index (χ4v) is 13.8. The summed E-state index contributed by atoms with van der Waals surface area (Å²) in [6.45, 7) is 4.57. The zero-order valence-corrected chi connectivity index (χ0v) is 43.1. The van der Waals surface area contributed by atoms with Crippen molar-refractivity contribution >= 4 is 68.4 Å². The SMILES string of the molecule is C[C@]12C=CC(=O)C=C1CC[C@@H]1[C@@H]2[C@@H](O)C[C@@]2(C)[C@H]1C[C@H]1CN(c3ccc(Cc4cccc(NC(=O)OCc5ccc(O[C@@H]6O[C@H](C(=O)O)[C@@H](O)[C@H](O)[C@H]6O)c(NC(=O)CCNC(=O)CBr)c5)c4)cc3)C[C@]12C(=O)CO. The van der Waals surface area contributed by atoms with Gasteiger partial charge in [-0.25, -0.2) is 9.59 Å². The van der Waals surface area contributed by atoms with Crippen molar-refractivity contribution in [1.82, 2.24) is 5.32 Å². The maximum absolute atomic E-state index is 14.2. The van der Waals surface area contributed by atoms with Gasteiger partial charge in [-0.2, -0.15) is 0 Å². The van der Waals surface area contributed by atoms with E-state index >= 15 is 0 Å². The highest BCUT2D eigenvalue weighted by Gasteiger charge is 2.73. The number of hydrogen-bond donors (Lipinski definition) is 9. The number of aliphatic hydroxyl groups is 5. The highest BCUT2D eigenvalue weighted by atomic mass is 79.9. The second kappa shape index (κ2) is 21.6. The molecule has 0 aromatic heterocycles. The Balaban J connectivity index is 0.826. The third kappa shape index (κ3) is 10.2. The van der Waals surface area contributed by atoms with E-state index in [1.165, 1.54) is 18.2 Å². The van der Waals surface area contributed by atoms with E-state index in [0.29, 0.717) is 37.2 Å². The van der Waals surface area contributed by atoms with E-state index in [1.807, 2.05) is 42.5 Å². The van der Waals surface area contributed by atoms with Crippen LogP contribution in [0.5, 0.6) is 5.75 Å². The molecule has 6 aliphatic rings. The Morgan fingerprint density at radius 3 is 2.40 bits per heavy atom. The summed E-state index contributed by atoms with van der Waals surface area (Å²) in [7, 11) is 0. The molecule has 0 bridgehead atoms. The molecule has 13 atom stereocenters. The summed E-state index contributed by atoms with van der Waals surface area (Å²) in [5, 5.41) is 71.0. The number of amides is 3. The van der Waals surface area contributed by atoms with Crippen molar-refractivity contribution in [3.63, 3.8) is 0 Å². The topological polar surface area (TPSA) is 291 Å². The summed E-state index contributed by atoms with van der Waals surface area (Å²) >= 11 is 3.03. The third-order valence-corrected chi connectivity index (χ3v) is 17.6. The lowest BCUT2D eigenvalue weighted by atomic mass is 9.44. The zero-order chi connectivity index (χ0) is 53.6. The number of allylic oxidation sites excluding steroid dienone is 4. The molecule has 2 saturated heterocycles. The molecule has 5 fully saturated rings. The van der Waals surface area contributed by atoms with Crippen molar-refractivity contribution < 1.29 is 73.6 Å². The van der Waals surface area contributed by atoms with E-state index in [-0.39, 0.29) is 77.5 Å². The molecule has 0 radical (unpaired) electrons. The van der Waals surface area contributed by atoms with Crippen molar-refractivity contribution in [2.45, 2.75) is 95.8 Å². The number of ketones is 2. The molecule has 9 rings (SSSR count). The number of carbonyl (C=O) groups excluding carboxylic acids is 5. The maximum atomic E-state index is 14.2. The van der Waals surface area contributed by atoms with Crippen molar-refractivity contribution in [3.05, 3.63) is 107 Å². The molecule has 3 amide bonds. The van der Waals surface area contributed by atoms with E-state index in [2.05, 4.69) is 50.6 Å². The number of carboxylic acid groups (broad SMARTS) is 1. The predicted molar refractivity (Wildman–Crippen MR) is 275 cm³/mol. The van der Waals surface area contributed by atoms with Gasteiger partial charge in [0.25, 0.3) is 0 Å². The highest BCUT2D eigenvalue weighted by Crippen LogP contribution is 2.72. The van der Waals surface area contributed by atoms with Gasteiger partial charge in [-0.3, -0.25) is 24.5 Å². The largest absolute Gasteiger partial charge is 0.479 e. The number of hydrogen-bond acceptors (Lipinski definition) is 15. The van der Waals surface area contributed by atoms with Gasteiger partial charge in [-0.1, -0.05) is 71.8 Å². The Kier molecular flexibility index (Phi) is 15.5. The molecular formula is C55H63BrN4O15. The Morgan fingerprint density at radius 1 is 0.907 bits per heavy atom. The van der Waals surface area contributed by atoms with Crippen LogP contribution in [-0.2, 0) is 46.5 Å². The van der Waals surface area contributed by atoms with E-state index < -0.39 is 77.6 Å². The summed E-state index contributed by atoms with van der Waals surface area (Å²) in [6, 6.07) is 19.7. The monoisotopic (exact) mass is 1100 g/mol. The fraction of sp³-hybridized carbons (Fsp3) is 0.491. The number of aliphatic hydroxyl groups excluding tert-OH is 5. The molecular weight excluding hydrogens is 1040 g/mol. The molecule has 2 heterocycles. The van der Waals surface area contributed by atoms with Gasteiger partial charge in [0.1, 0.15) is 37.3 Å². The number of carbonyl (C=O) groups is 6. The van der Waals surface area contributed by atoms with E-state index in [9.17, 15) is 59.4 Å². The van der Waals surface area contributed by atoms with Crippen LogP contribution in [0.2, 0.25) is 0 Å². The first-order valence-corrected chi connectivity index (χ1v) is 26.4. The lowest BCUT2D eigenvalue weighted by Gasteiger charge is -2.60. The predicted octanol–water partition coefficient (Wildman–Crippen LogP) is 4.01. The molecule has 9 N–H and O–H groups in total. The van der Waals surface area contributed by atoms with Gasteiger partial charge in [-0.05, 0) is 121 Å². The first kappa shape index (κ1) is 53.8. The van der Waals surface area contributed by atoms with Crippen LogP contribution in [0, 0.1) is 39.9 Å². The van der Waals surface area contributed by atoms with Crippen molar-refractivity contribution in [1.29, 1.82) is 0 Å². The average Bonchev–Trinajstić information content (AvgIpc) is 3.89. The van der Waals surface area contributed by atoms with Crippen molar-refractivity contribution in [3.8, 4) is 5.75 Å². The molecule has 20 heteroatoms. The minimum Gasteiger partial charge on any atom is -0.479 e. The molecule has 3 aromatic rings. The van der Waals surface area contributed by atoms with Gasteiger partial charge in [0.05, 0.1) is 22.5 Å². The Morgan fingerprint density at radius 2 is 1.67 bits per heavy atom. The lowest BCUT2D eigenvalue weighted by Crippen LogP contribution is -2.61. The third-order valence-electron chi connectivity index (χ3n) is 17.1. The standard InChI is InChI=1S/C55H63BrN4O15/c1-53-16-14-36(62)21-32(53)9-12-37-38-22-33-25-60(28-55(33,42(64)26-61)54(38,2)23-40(63)45(37)53)35-10-6-29(7-11-35)18-30-4-3-5-34(19-30)58-52(72)73-27-31-8-13-41(39(20-31)59-43(65)15-17-57-44(66)24-56)74-51-48(69)46(67)47(68)49(75-51)50(70)71/h3-8,10-11,13-14,16,19-21,33,37-38,40,45-49,51,61,63,67-69H,9,12,15,17-18,22-28H2,1-2H3,(H,57,66)(H,58,72)(H,59,65)(H,70,71)/t33-,37-,38-,40-,45+,46-,47-,48+,49-,51+,53-,54-,55+/m0/s1. The number of anilines is 3. The number of fused-ring (bicyclic) bond motifs is 7. The first-order valence-electron chi connectivity index (χ1n) is 25.3. The lowest BCUT2D eigenvalue weighted by molar-refractivity contribution is -0.271. The number of ether oxygens (including phenoxy) is 3. The zero-order valence-electron chi connectivity index (χ0n) is 41.5. The van der Waals surface area contributed by atoms with Crippen LogP contribution in [0.15, 0.2) is 90.5 Å². The van der Waals surface area contributed by atoms with E-state index in [1.54, 1.807) is 24.3 Å². The summed E-state index contributed by atoms with van der Waals surface area (Å²) in [6.07, 6.45) is -2.30. The van der Waals surface area contributed by atoms with Gasteiger partial charge in [0.2, 0.25) is 18.1 Å². The number of alkyl halides is 1. The van der Waals surface area contributed by atoms with Gasteiger partial charge >= 0.3 is 12.1 Å². The summed E-state index contributed by atoms with van der Waals surface area (Å²) in [4.78, 5) is 78.2. The van der Waals surface area contributed by atoms with Crippen LogP contribution < -0.4 is 25.6 Å². The number of benzene rings is 3. The average molecular weight is 1100 g/mol. The number of carboxylic acids is 1. The minimum atomic E-state index is -1.96. The van der Waals surface area contributed by atoms with Gasteiger partial charge < -0.3 is 60.4 Å². The fourth-order valence-electron chi connectivity index (χ4n) is 13.6. The normalized spacial score (nSPS) is 32.5. The quantitative estimate of drug-likeness (QED) is 0.0916. The molecule has 75 heavy (non-hydrogen) atoms. The van der Waals surface area contributed by atoms with Crippen LogP contribution in [0.4, 0.5) is 21.9 Å². The molecule has 3 aromatic carbocycles. The molecule has 0 unspecified atom stereocenters. The highest BCUT2D eigenvalue weighted by molar-refractivity contribution is 9.09. The number of nitrogens with one attached hydrogen (secondary N) is 3. The van der Waals surface area contributed by atoms with Crippen LogP contribution in [0.3, 0.4) is 0 Å². The van der Waals surface area contributed by atoms with Crippen LogP contribution >= 0.6 is 15.9 Å². The Bertz CT molecular complexity index is 2790. The molecule has 3 saturated carbocycles. The van der Waals surface area contributed by atoms with E-state index in [0.717, 1.165) is 41.6 Å². The van der Waals surface area contributed by atoms with Crippen molar-refractivity contribution in [2.75, 3.05) is 47.1 Å². The Labute approximate surface area is 441 Å². The molecule has 19 nitrogen and oxygen atoms in total. The number of halogens is 1. The minimum absolute atomic E-state index is 0.00202. The Hall–Kier alpha value is -6.00. The molecule has 400 valence electrons. The number of nitrogens with zero attached hydrogens (tertiary/aromatic N) is 1. The van der Waals surface area contributed by atoms with Gasteiger partial charge in [0, 0.05) is 48.8 Å². The summed E-state index contributed by atoms with van der Waals surface area (Å²) < 4.78 is 16.5. The van der Waals surface area contributed by atoms with E-state index in [4.69, 9.17) is 14.2 Å². The number of aliphatic carboxylic acids is 1. The first-order chi connectivity index (χ1) is 35.8. The molecule has 4 aliphatic carbocycles.